The Kier molecular flexibility index (Phi) is 4.97. The third kappa shape index (κ3) is 3.75. The predicted molar refractivity (Wildman–Crippen MR) is 104 cm³/mol. The van der Waals surface area contributed by atoms with E-state index in [0.29, 0.717) is 10.9 Å². The second-order valence-corrected chi connectivity index (χ2v) is 6.40. The minimum absolute atomic E-state index is 0.0823. The fourth-order valence-corrected chi connectivity index (χ4v) is 2.95. The van der Waals surface area contributed by atoms with Crippen LogP contribution < -0.4 is 5.32 Å². The van der Waals surface area contributed by atoms with Gasteiger partial charge in [0, 0.05) is 28.8 Å². The van der Waals surface area contributed by atoms with Gasteiger partial charge in [-0.2, -0.15) is 0 Å². The smallest absolute Gasteiger partial charge is 0.255 e. The van der Waals surface area contributed by atoms with E-state index in [4.69, 9.17) is 0 Å². The zero-order valence-electron chi connectivity index (χ0n) is 15.2. The van der Waals surface area contributed by atoms with E-state index in [1.165, 1.54) is 36.8 Å². The summed E-state index contributed by atoms with van der Waals surface area (Å²) in [6.45, 7) is 0. The second-order valence-electron chi connectivity index (χ2n) is 6.40. The molecular formula is C22H12F3N3O2. The fraction of sp³-hybridized carbons (Fsp3) is 0. The van der Waals surface area contributed by atoms with Gasteiger partial charge in [0.05, 0.1) is 16.8 Å². The first-order chi connectivity index (χ1) is 14.4. The molecule has 1 aromatic heterocycles. The van der Waals surface area contributed by atoms with Crippen LogP contribution in [0.4, 0.5) is 18.9 Å². The maximum absolute atomic E-state index is 15.0. The Morgan fingerprint density at radius 2 is 1.70 bits per heavy atom. The van der Waals surface area contributed by atoms with E-state index < -0.39 is 40.4 Å². The molecule has 30 heavy (non-hydrogen) atoms. The predicted octanol–water partition coefficient (Wildman–Crippen LogP) is 4.53. The molecule has 0 radical (unpaired) electrons. The molecule has 4 aromatic rings. The molecule has 1 N–H and O–H groups in total. The number of anilines is 1. The summed E-state index contributed by atoms with van der Waals surface area (Å²) in [4.78, 5) is 33.0. The van der Waals surface area contributed by atoms with E-state index >= 15 is 0 Å². The van der Waals surface area contributed by atoms with Crippen molar-refractivity contribution in [1.29, 1.82) is 0 Å². The molecule has 0 saturated heterocycles. The van der Waals surface area contributed by atoms with Gasteiger partial charge in [0.1, 0.15) is 18.0 Å². The number of fused-ring (bicyclic) bond motifs is 1. The Bertz CT molecular complexity index is 1310. The van der Waals surface area contributed by atoms with Crippen LogP contribution in [0.3, 0.4) is 0 Å². The van der Waals surface area contributed by atoms with Gasteiger partial charge in [-0.25, -0.2) is 23.1 Å². The summed E-state index contributed by atoms with van der Waals surface area (Å²) >= 11 is 0. The highest BCUT2D eigenvalue weighted by atomic mass is 19.1. The average Bonchev–Trinajstić information content (AvgIpc) is 2.75. The van der Waals surface area contributed by atoms with Crippen molar-refractivity contribution in [3.05, 3.63) is 101 Å². The molecule has 1 heterocycles. The second kappa shape index (κ2) is 7.75. The van der Waals surface area contributed by atoms with Gasteiger partial charge in [0.2, 0.25) is 0 Å². The highest BCUT2D eigenvalue weighted by Gasteiger charge is 2.21. The first-order valence-electron chi connectivity index (χ1n) is 8.73. The van der Waals surface area contributed by atoms with Gasteiger partial charge in [-0.1, -0.05) is 6.07 Å². The van der Waals surface area contributed by atoms with Gasteiger partial charge < -0.3 is 5.32 Å². The Morgan fingerprint density at radius 1 is 0.867 bits per heavy atom. The van der Waals surface area contributed by atoms with Crippen LogP contribution in [0.15, 0.2) is 67.1 Å². The van der Waals surface area contributed by atoms with E-state index in [2.05, 4.69) is 15.3 Å². The zero-order valence-corrected chi connectivity index (χ0v) is 15.2. The van der Waals surface area contributed by atoms with Gasteiger partial charge in [0.25, 0.3) is 5.91 Å². The van der Waals surface area contributed by atoms with E-state index in [9.17, 15) is 22.8 Å². The van der Waals surface area contributed by atoms with Crippen molar-refractivity contribution >= 4 is 28.3 Å². The first kappa shape index (κ1) is 19.3. The Balaban J connectivity index is 1.69. The van der Waals surface area contributed by atoms with Crippen LogP contribution in [-0.2, 0) is 0 Å². The van der Waals surface area contributed by atoms with Crippen molar-refractivity contribution in [2.24, 2.45) is 0 Å². The van der Waals surface area contributed by atoms with E-state index in [0.717, 1.165) is 24.3 Å². The maximum Gasteiger partial charge on any atom is 0.255 e. The minimum Gasteiger partial charge on any atom is -0.319 e. The number of hydrogen-bond donors (Lipinski definition) is 1. The van der Waals surface area contributed by atoms with E-state index in [1.807, 2.05) is 0 Å². The third-order valence-electron chi connectivity index (χ3n) is 4.38. The van der Waals surface area contributed by atoms with Crippen molar-refractivity contribution in [2.75, 3.05) is 5.32 Å². The van der Waals surface area contributed by atoms with Gasteiger partial charge in [0.15, 0.2) is 11.6 Å². The number of ketones is 1. The molecule has 0 saturated carbocycles. The first-order valence-corrected chi connectivity index (χ1v) is 8.73. The highest BCUT2D eigenvalue weighted by molar-refractivity contribution is 6.12. The molecule has 8 heteroatoms. The molecule has 4 rings (SSSR count). The van der Waals surface area contributed by atoms with Gasteiger partial charge in [-0.15, -0.1) is 0 Å². The number of benzene rings is 3. The van der Waals surface area contributed by atoms with E-state index in [-0.39, 0.29) is 11.1 Å². The fourth-order valence-electron chi connectivity index (χ4n) is 2.95. The number of carbonyl (C=O) groups is 2. The van der Waals surface area contributed by atoms with Crippen LogP contribution in [-0.4, -0.2) is 21.7 Å². The number of halogens is 3. The van der Waals surface area contributed by atoms with Crippen molar-refractivity contribution < 1.29 is 22.8 Å². The molecule has 0 aliphatic heterocycles. The van der Waals surface area contributed by atoms with Gasteiger partial charge in [-0.3, -0.25) is 9.59 Å². The van der Waals surface area contributed by atoms with Crippen molar-refractivity contribution in [1.82, 2.24) is 9.97 Å². The van der Waals surface area contributed by atoms with Crippen LogP contribution in [0.25, 0.3) is 10.9 Å². The molecular weight excluding hydrogens is 395 g/mol. The number of nitrogens with zero attached hydrogens (tertiary/aromatic N) is 2. The lowest BCUT2D eigenvalue weighted by molar-refractivity contribution is 0.101. The molecule has 0 bridgehead atoms. The van der Waals surface area contributed by atoms with Crippen LogP contribution >= 0.6 is 0 Å². The van der Waals surface area contributed by atoms with Crippen molar-refractivity contribution in [2.45, 2.75) is 0 Å². The average molecular weight is 407 g/mol. The normalized spacial score (nSPS) is 10.8. The SMILES string of the molecule is O=C(Nc1cc(F)cc(C(=O)c2ccc3ncncc3c2)c1F)c1cccc(F)c1. The highest BCUT2D eigenvalue weighted by Crippen LogP contribution is 2.25. The zero-order chi connectivity index (χ0) is 21.3. The molecule has 0 aliphatic rings. The molecule has 1 amide bonds. The van der Waals surface area contributed by atoms with Crippen LogP contribution in [0, 0.1) is 17.5 Å². The molecule has 0 unspecified atom stereocenters. The summed E-state index contributed by atoms with van der Waals surface area (Å²) in [6.07, 6.45) is 2.84. The van der Waals surface area contributed by atoms with Crippen molar-refractivity contribution in [3.8, 4) is 0 Å². The number of nitrogens with one attached hydrogen (secondary N) is 1. The molecule has 0 atom stereocenters. The lowest BCUT2D eigenvalue weighted by Gasteiger charge is -2.11. The van der Waals surface area contributed by atoms with Crippen molar-refractivity contribution in [3.63, 3.8) is 0 Å². The van der Waals surface area contributed by atoms with Crippen LogP contribution in [0.1, 0.15) is 26.3 Å². The lowest BCUT2D eigenvalue weighted by atomic mass is 10.0. The summed E-state index contributed by atoms with van der Waals surface area (Å²) in [5, 5.41) is 2.73. The Labute approximate surface area is 168 Å². The van der Waals surface area contributed by atoms with Crippen LogP contribution in [0.5, 0.6) is 0 Å². The number of carbonyl (C=O) groups excluding carboxylic acids is 2. The summed E-state index contributed by atoms with van der Waals surface area (Å²) in [7, 11) is 0. The topological polar surface area (TPSA) is 72.0 Å². The largest absolute Gasteiger partial charge is 0.319 e. The molecule has 0 aliphatic carbocycles. The molecule has 0 fully saturated rings. The van der Waals surface area contributed by atoms with Crippen LogP contribution in [0.2, 0.25) is 0 Å². The molecule has 3 aromatic carbocycles. The quantitative estimate of drug-likeness (QED) is 0.505. The molecule has 148 valence electrons. The standard InChI is InChI=1S/C22H12F3N3O2/c23-15-3-1-2-13(7-15)22(30)28-19-9-16(24)8-17(20(19)25)21(29)12-4-5-18-14(6-12)10-26-11-27-18/h1-11H,(H,28,30). The number of aromatic nitrogens is 2. The molecule has 5 nitrogen and oxygen atoms in total. The summed E-state index contributed by atoms with van der Waals surface area (Å²) in [6, 6.07) is 10.7. The lowest BCUT2D eigenvalue weighted by Crippen LogP contribution is -2.15. The summed E-state index contributed by atoms with van der Waals surface area (Å²) in [5.74, 6) is -4.30. The number of amides is 1. The van der Waals surface area contributed by atoms with Gasteiger partial charge >= 0.3 is 0 Å². The number of hydrogen-bond acceptors (Lipinski definition) is 4. The Morgan fingerprint density at radius 3 is 2.50 bits per heavy atom. The minimum atomic E-state index is -1.10. The third-order valence-corrected chi connectivity index (χ3v) is 4.38. The maximum atomic E-state index is 15.0. The molecule has 0 spiro atoms. The van der Waals surface area contributed by atoms with Gasteiger partial charge in [-0.05, 0) is 42.5 Å². The Hall–Kier alpha value is -4.07. The van der Waals surface area contributed by atoms with E-state index in [1.54, 1.807) is 6.07 Å². The summed E-state index contributed by atoms with van der Waals surface area (Å²) < 4.78 is 42.4. The number of rotatable bonds is 4. The summed E-state index contributed by atoms with van der Waals surface area (Å²) in [5.41, 5.74) is -0.480. The monoisotopic (exact) mass is 407 g/mol.